The second kappa shape index (κ2) is 49.6. The van der Waals surface area contributed by atoms with E-state index >= 15 is 0 Å². The number of allylic oxidation sites excluding steroid dienone is 1. The smallest absolute Gasteiger partial charge is 0.335 e. The van der Waals surface area contributed by atoms with Gasteiger partial charge in [-0.3, -0.25) is 9.59 Å². The molecule has 33 heteroatoms. The van der Waals surface area contributed by atoms with E-state index in [1.807, 2.05) is 4.72 Å². The fraction of sp³-hybridized carbons (Fsp3) is 0.500. The lowest BCUT2D eigenvalue weighted by molar-refractivity contribution is -0.309. The van der Waals surface area contributed by atoms with Crippen molar-refractivity contribution < 1.29 is 122 Å². The standard InChI is InChI=1S/C7H15NO4S.C7H6O3.C6H14N2O2.C5H9NO4.C5H6O3.C4H7NO4.C3H7NO3.C3H7NO2/c1-5(2)4-6(7(9)10)8-13(3,11)12;8-6-4-2-1-3-5(6)7(9)10;7-4-2-1-3-5(8)6(9)10;6-4(5(8)9)1-2-10-3-7;1-4(6)2-3-5(7)8;5-3(4(7)8)1-9-2-6;4-2(1-5)3(6)7;1-2(4)3(5)6/h5-6,8H,4H2,1-3H3,(H,9,10);1-4,8H,(H,9,10);5H,1-4,7-8H2,(H,9,10);3-4H,1-2,6H2,(H,8,9);2-3,6H,1H2,(H,7,8);2-3H,1,5H2,(H,7,8);2,5H,1,4H2,(H,6,7);2H,4H2,1H3,(H,5,6)/p-8/b;;;;3-2-;;;. The van der Waals surface area contributed by atoms with Gasteiger partial charge in [0.2, 0.25) is 10.0 Å². The molecule has 1 aromatic rings. The molecule has 1 aromatic carbocycles. The van der Waals surface area contributed by atoms with Crippen LogP contribution in [0.15, 0.2) is 48.8 Å². The first-order valence-corrected chi connectivity index (χ1v) is 22.0. The van der Waals surface area contributed by atoms with Gasteiger partial charge in [-0.15, -0.1) is 12.3 Å². The van der Waals surface area contributed by atoms with Gasteiger partial charge in [0.05, 0.1) is 79.0 Å². The zero-order chi connectivity index (χ0) is 59.0. The molecule has 6 unspecified atom stereocenters. The SMILES string of the molecule is C=C([O-])/C=C\C(=O)O.CC(C)CC(NS(C)(=O)=O)C(=O)[O-].CC(N)C(=O)[O-].NC(CCOC=O)C(=O)[O-].NC(CO)C(=O)[O-].NC(COC=O)C(=O)[O-].NCCCCC(N)C(=O)[O-].O=C(O)c1ccccc1[O-]. The molecule has 0 saturated heterocycles. The Morgan fingerprint density at radius 2 is 1.14 bits per heavy atom. The van der Waals surface area contributed by atoms with Gasteiger partial charge in [0.15, 0.2) is 0 Å². The van der Waals surface area contributed by atoms with Crippen molar-refractivity contribution in [2.75, 3.05) is 32.6 Å². The van der Waals surface area contributed by atoms with E-state index in [2.05, 4.69) is 16.1 Å². The molecule has 16 N–H and O–H groups in total. The highest BCUT2D eigenvalue weighted by Gasteiger charge is 2.16. The first-order chi connectivity index (χ1) is 33.4. The van der Waals surface area contributed by atoms with Gasteiger partial charge in [0.25, 0.3) is 12.9 Å². The minimum atomic E-state index is -3.48. The van der Waals surface area contributed by atoms with E-state index in [4.69, 9.17) is 49.7 Å². The van der Waals surface area contributed by atoms with E-state index in [0.29, 0.717) is 13.0 Å². The maximum absolute atomic E-state index is 10.7. The fourth-order valence-corrected chi connectivity index (χ4v) is 3.71. The Balaban J connectivity index is -0.000000138. The second-order valence-electron chi connectivity index (χ2n) is 13.8. The number of carboxylic acids is 8. The lowest BCUT2D eigenvalue weighted by Crippen LogP contribution is -2.48. The number of carbonyl (C=O) groups excluding carboxylic acids is 8. The van der Waals surface area contributed by atoms with Gasteiger partial charge in [-0.2, -0.15) is 0 Å². The van der Waals surface area contributed by atoms with Crippen LogP contribution >= 0.6 is 0 Å². The molecule has 0 aliphatic rings. The van der Waals surface area contributed by atoms with Crippen molar-refractivity contribution in [3.63, 3.8) is 0 Å². The third-order valence-corrected chi connectivity index (χ3v) is 7.30. The third kappa shape index (κ3) is 66.7. The summed E-state index contributed by atoms with van der Waals surface area (Å²) in [6, 6.07) is -0.782. The number of hydrogen-bond donors (Lipinski definition) is 10. The Kier molecular flexibility index (Phi) is 54.2. The average molecular weight is 1070 g/mol. The highest BCUT2D eigenvalue weighted by molar-refractivity contribution is 7.88. The number of nitrogens with one attached hydrogen (secondary N) is 1. The maximum atomic E-state index is 10.7. The van der Waals surface area contributed by atoms with Gasteiger partial charge >= 0.3 is 11.9 Å². The monoisotopic (exact) mass is 1070 g/mol. The van der Waals surface area contributed by atoms with Crippen LogP contribution in [0.1, 0.15) is 63.2 Å². The van der Waals surface area contributed by atoms with Crippen LogP contribution in [0.2, 0.25) is 0 Å². The summed E-state index contributed by atoms with van der Waals surface area (Å²) in [5, 5.41) is 104. The molecule has 73 heavy (non-hydrogen) atoms. The maximum Gasteiger partial charge on any atom is 0.335 e. The van der Waals surface area contributed by atoms with Crippen molar-refractivity contribution in [3.05, 3.63) is 54.3 Å². The molecule has 0 saturated carbocycles. The minimum absolute atomic E-state index is 0.0125. The number of carboxylic acid groups (broad SMARTS) is 8. The van der Waals surface area contributed by atoms with Gasteiger partial charge in [-0.25, -0.2) is 22.7 Å². The van der Waals surface area contributed by atoms with Gasteiger partial charge in [0, 0.05) is 30.6 Å². The Hall–Kier alpha value is -7.37. The molecule has 0 aliphatic heterocycles. The average Bonchev–Trinajstić information content (AvgIpc) is 3.27. The molecular weight excluding hydrogens is 1010 g/mol. The number of nitrogens with two attached hydrogens (primary N) is 6. The van der Waals surface area contributed by atoms with Crippen LogP contribution in [0.4, 0.5) is 0 Å². The van der Waals surface area contributed by atoms with Crippen LogP contribution in [0.5, 0.6) is 5.75 Å². The van der Waals surface area contributed by atoms with Crippen LogP contribution in [0.25, 0.3) is 0 Å². The number of hydrogen-bond acceptors (Lipinski definition) is 29. The number of sulfonamides is 1. The summed E-state index contributed by atoms with van der Waals surface area (Å²) in [5.74, 6) is -11.2. The van der Waals surface area contributed by atoms with E-state index in [1.54, 1.807) is 13.8 Å². The number of ether oxygens (including phenoxy) is 2. The summed E-state index contributed by atoms with van der Waals surface area (Å²) in [7, 11) is -3.48. The van der Waals surface area contributed by atoms with E-state index in [1.165, 1.54) is 31.2 Å². The van der Waals surface area contributed by atoms with Crippen LogP contribution in [0, 0.1) is 5.92 Å². The molecular formula is C40H63N7O25S-8. The van der Waals surface area contributed by atoms with Crippen molar-refractivity contribution >= 4 is 70.7 Å². The molecule has 422 valence electrons. The largest absolute Gasteiger partial charge is 0.873 e. The summed E-state index contributed by atoms with van der Waals surface area (Å²) < 4.78 is 31.7. The molecule has 0 amide bonds. The Morgan fingerprint density at radius 1 is 0.699 bits per heavy atom. The molecule has 0 aliphatic carbocycles. The summed E-state index contributed by atoms with van der Waals surface area (Å²) in [6.07, 6.45) is 4.91. The Labute approximate surface area is 418 Å². The lowest BCUT2D eigenvalue weighted by Gasteiger charge is -2.19. The Morgan fingerprint density at radius 3 is 1.40 bits per heavy atom. The zero-order valence-corrected chi connectivity index (χ0v) is 40.7. The molecule has 0 aromatic heterocycles. The number of unbranched alkanes of at least 4 members (excludes halogenated alkanes) is 1. The second-order valence-corrected chi connectivity index (χ2v) is 15.6. The van der Waals surface area contributed by atoms with E-state index in [9.17, 15) is 97.2 Å². The van der Waals surface area contributed by atoms with E-state index in [-0.39, 0.29) is 50.5 Å². The van der Waals surface area contributed by atoms with E-state index in [0.717, 1.165) is 31.2 Å². The van der Waals surface area contributed by atoms with Crippen molar-refractivity contribution in [1.29, 1.82) is 0 Å². The topological polar surface area (TPSA) is 637 Å². The number of aliphatic hydroxyl groups is 1. The minimum Gasteiger partial charge on any atom is -0.873 e. The van der Waals surface area contributed by atoms with Crippen LogP contribution < -0.4 is 80.0 Å². The van der Waals surface area contributed by atoms with Crippen LogP contribution in [-0.2, 0) is 62.6 Å². The van der Waals surface area contributed by atoms with Gasteiger partial charge in [0.1, 0.15) is 6.61 Å². The number of carbonyl (C=O) groups is 10. The highest BCUT2D eigenvalue weighted by Crippen LogP contribution is 2.11. The van der Waals surface area contributed by atoms with Gasteiger partial charge in [-0.05, 0) is 44.7 Å². The van der Waals surface area contributed by atoms with Crippen molar-refractivity contribution in [1.82, 2.24) is 4.72 Å². The molecule has 0 radical (unpaired) electrons. The predicted octanol–water partition coefficient (Wildman–Crippen LogP) is -13.1. The van der Waals surface area contributed by atoms with Gasteiger partial charge in [-0.1, -0.05) is 50.3 Å². The molecule has 0 bridgehead atoms. The molecule has 0 fully saturated rings. The van der Waals surface area contributed by atoms with E-state index < -0.39 is 112 Å². The fourth-order valence-electron chi connectivity index (χ4n) is 3.00. The molecule has 1 rings (SSSR count). The number of aliphatic hydroxyl groups excluding tert-OH is 1. The molecule has 0 heterocycles. The third-order valence-electron chi connectivity index (χ3n) is 6.58. The van der Waals surface area contributed by atoms with Crippen molar-refractivity contribution in [2.45, 2.75) is 89.1 Å². The predicted molar refractivity (Wildman–Crippen MR) is 234 cm³/mol. The number of rotatable bonds is 25. The summed E-state index contributed by atoms with van der Waals surface area (Å²) in [5.41, 5.74) is 29.5. The van der Waals surface area contributed by atoms with Crippen LogP contribution in [-0.4, -0.2) is 153 Å². The zero-order valence-electron chi connectivity index (χ0n) is 39.9. The quantitative estimate of drug-likeness (QED) is 0.0143. The summed E-state index contributed by atoms with van der Waals surface area (Å²) in [4.78, 5) is 98.0. The number of aromatic carboxylic acids is 1. The molecule has 32 nitrogen and oxygen atoms in total. The van der Waals surface area contributed by atoms with Crippen molar-refractivity contribution in [2.24, 2.45) is 40.3 Å². The van der Waals surface area contributed by atoms with Gasteiger partial charge < -0.3 is 129 Å². The van der Waals surface area contributed by atoms with Crippen molar-refractivity contribution in [3.8, 4) is 5.75 Å². The normalized spacial score (nSPS) is 12.2. The first kappa shape index (κ1) is 79.8. The lowest BCUT2D eigenvalue weighted by atomic mass is 10.1. The first-order valence-electron chi connectivity index (χ1n) is 20.1. The van der Waals surface area contributed by atoms with Crippen LogP contribution in [0.3, 0.4) is 0 Å². The molecule has 0 spiro atoms. The number of aliphatic carboxylic acids is 7. The Bertz CT molecular complexity index is 1900. The number of benzene rings is 1. The summed E-state index contributed by atoms with van der Waals surface area (Å²) in [6.45, 7) is 7.94. The highest BCUT2D eigenvalue weighted by atomic mass is 32.2. The number of para-hydroxylation sites is 1. The summed E-state index contributed by atoms with van der Waals surface area (Å²) >= 11 is 0. The molecule has 6 atom stereocenters.